The number of rotatable bonds is 6. The molecule has 9 heteroatoms. The Morgan fingerprint density at radius 2 is 2.09 bits per heavy atom. The van der Waals surface area contributed by atoms with Crippen LogP contribution in [0.4, 0.5) is 0 Å². The third-order valence-electron chi connectivity index (χ3n) is 7.18. The Labute approximate surface area is 200 Å². The van der Waals surface area contributed by atoms with Gasteiger partial charge < -0.3 is 10.1 Å². The molecule has 0 aliphatic carbocycles. The SMILES string of the molecule is CCn1nc(C)c(CN2CCC3(C2)Cn2nnc(CNC(=O)c4cccc(C)c4)c2CO3)c1C. The third kappa shape index (κ3) is 4.25. The molecule has 180 valence electrons. The third-order valence-corrected chi connectivity index (χ3v) is 7.18. The number of hydrogen-bond acceptors (Lipinski definition) is 6. The summed E-state index contributed by atoms with van der Waals surface area (Å²) in [5.74, 6) is -0.109. The quantitative estimate of drug-likeness (QED) is 0.604. The van der Waals surface area contributed by atoms with Crippen molar-refractivity contribution < 1.29 is 9.53 Å². The number of carbonyl (C=O) groups excluding carboxylic acids is 1. The first kappa shape index (κ1) is 22.7. The van der Waals surface area contributed by atoms with Gasteiger partial charge in [-0.25, -0.2) is 4.68 Å². The van der Waals surface area contributed by atoms with Gasteiger partial charge in [0.05, 0.1) is 31.1 Å². The molecule has 1 fully saturated rings. The summed E-state index contributed by atoms with van der Waals surface area (Å²) in [6.45, 7) is 13.5. The number of carbonyl (C=O) groups is 1. The zero-order chi connectivity index (χ0) is 23.9. The molecule has 2 aromatic heterocycles. The van der Waals surface area contributed by atoms with Crippen LogP contribution in [0.5, 0.6) is 0 Å². The monoisotopic (exact) mass is 463 g/mol. The highest BCUT2D eigenvalue weighted by Crippen LogP contribution is 2.34. The van der Waals surface area contributed by atoms with E-state index in [4.69, 9.17) is 4.74 Å². The summed E-state index contributed by atoms with van der Waals surface area (Å²) < 4.78 is 10.5. The van der Waals surface area contributed by atoms with Gasteiger partial charge in [-0.15, -0.1) is 5.10 Å². The highest BCUT2D eigenvalue weighted by Gasteiger charge is 2.43. The fourth-order valence-corrected chi connectivity index (χ4v) is 5.19. The molecule has 9 nitrogen and oxygen atoms in total. The van der Waals surface area contributed by atoms with Gasteiger partial charge in [-0.2, -0.15) is 5.10 Å². The standard InChI is InChI=1S/C25H33N7O2/c1-5-31-19(4)21(18(3)28-31)13-30-10-9-25(15-30)16-32-23(14-34-25)22(27-29-32)12-26-24(33)20-8-6-7-17(2)11-20/h6-8,11H,5,9-10,12-16H2,1-4H3,(H,26,33). The van der Waals surface area contributed by atoms with Crippen LogP contribution in [-0.4, -0.2) is 54.3 Å². The Kier molecular flexibility index (Phi) is 5.99. The van der Waals surface area contributed by atoms with Crippen molar-refractivity contribution in [2.45, 2.75) is 72.5 Å². The van der Waals surface area contributed by atoms with Gasteiger partial charge in [0.2, 0.25) is 0 Å². The Balaban J connectivity index is 1.22. The molecule has 1 atom stereocenters. The molecule has 1 saturated heterocycles. The summed E-state index contributed by atoms with van der Waals surface area (Å²) in [5, 5.41) is 16.4. The van der Waals surface area contributed by atoms with Crippen molar-refractivity contribution in [1.82, 2.24) is 35.0 Å². The molecule has 1 unspecified atom stereocenters. The molecule has 1 amide bonds. The number of fused-ring (bicyclic) bond motifs is 1. The molecular weight excluding hydrogens is 430 g/mol. The number of nitrogens with zero attached hydrogens (tertiary/aromatic N) is 6. The van der Waals surface area contributed by atoms with E-state index in [9.17, 15) is 4.79 Å². The zero-order valence-electron chi connectivity index (χ0n) is 20.5. The molecule has 2 aliphatic rings. The number of hydrogen-bond donors (Lipinski definition) is 1. The van der Waals surface area contributed by atoms with Gasteiger partial charge in [0.1, 0.15) is 11.3 Å². The summed E-state index contributed by atoms with van der Waals surface area (Å²) in [6.07, 6.45) is 0.964. The van der Waals surface area contributed by atoms with Crippen LogP contribution >= 0.6 is 0 Å². The van der Waals surface area contributed by atoms with E-state index < -0.39 is 0 Å². The van der Waals surface area contributed by atoms with E-state index in [-0.39, 0.29) is 11.5 Å². The maximum atomic E-state index is 12.5. The highest BCUT2D eigenvalue weighted by molar-refractivity contribution is 5.94. The Bertz CT molecular complexity index is 1210. The van der Waals surface area contributed by atoms with Crippen molar-refractivity contribution in [2.24, 2.45) is 0 Å². The zero-order valence-corrected chi connectivity index (χ0v) is 20.5. The summed E-state index contributed by atoms with van der Waals surface area (Å²) >= 11 is 0. The van der Waals surface area contributed by atoms with E-state index in [2.05, 4.69) is 51.1 Å². The minimum absolute atomic E-state index is 0.109. The number of aromatic nitrogens is 5. The van der Waals surface area contributed by atoms with Gasteiger partial charge in [-0.1, -0.05) is 22.9 Å². The Hall–Kier alpha value is -3.04. The molecule has 34 heavy (non-hydrogen) atoms. The van der Waals surface area contributed by atoms with Gasteiger partial charge in [-0.05, 0) is 46.2 Å². The van der Waals surface area contributed by atoms with Crippen LogP contribution in [0.3, 0.4) is 0 Å². The van der Waals surface area contributed by atoms with Gasteiger partial charge in [0, 0.05) is 43.0 Å². The van der Waals surface area contributed by atoms with E-state index >= 15 is 0 Å². The largest absolute Gasteiger partial charge is 0.365 e. The molecule has 1 aromatic carbocycles. The Morgan fingerprint density at radius 3 is 2.85 bits per heavy atom. The summed E-state index contributed by atoms with van der Waals surface area (Å²) in [6, 6.07) is 7.56. The van der Waals surface area contributed by atoms with Gasteiger partial charge in [0.25, 0.3) is 5.91 Å². The first-order valence-electron chi connectivity index (χ1n) is 12.0. The van der Waals surface area contributed by atoms with Gasteiger partial charge in [-0.3, -0.25) is 14.4 Å². The molecule has 3 aromatic rings. The molecule has 1 spiro atoms. The molecule has 0 bridgehead atoms. The number of amides is 1. The first-order valence-corrected chi connectivity index (χ1v) is 12.0. The predicted molar refractivity (Wildman–Crippen MR) is 127 cm³/mol. The molecule has 2 aliphatic heterocycles. The number of ether oxygens (including phenoxy) is 1. The second-order valence-corrected chi connectivity index (χ2v) is 9.59. The van der Waals surface area contributed by atoms with E-state index in [1.54, 1.807) is 0 Å². The van der Waals surface area contributed by atoms with Gasteiger partial charge >= 0.3 is 0 Å². The van der Waals surface area contributed by atoms with E-state index in [1.165, 1.54) is 11.3 Å². The second-order valence-electron chi connectivity index (χ2n) is 9.59. The van der Waals surface area contributed by atoms with Crippen LogP contribution in [0, 0.1) is 20.8 Å². The van der Waals surface area contributed by atoms with Gasteiger partial charge in [0.15, 0.2) is 0 Å². The van der Waals surface area contributed by atoms with Crippen LogP contribution in [-0.2, 0) is 37.5 Å². The first-order chi connectivity index (χ1) is 16.4. The number of nitrogens with one attached hydrogen (secondary N) is 1. The molecule has 1 N–H and O–H groups in total. The predicted octanol–water partition coefficient (Wildman–Crippen LogP) is 2.52. The molecule has 4 heterocycles. The van der Waals surface area contributed by atoms with Crippen LogP contribution in [0.25, 0.3) is 0 Å². The lowest BCUT2D eigenvalue weighted by Gasteiger charge is -2.34. The van der Waals surface area contributed by atoms with Crippen LogP contribution < -0.4 is 5.32 Å². The maximum Gasteiger partial charge on any atom is 0.251 e. The summed E-state index contributed by atoms with van der Waals surface area (Å²) in [5.41, 5.74) is 6.86. The second kappa shape index (κ2) is 8.96. The fourth-order valence-electron chi connectivity index (χ4n) is 5.19. The van der Waals surface area contributed by atoms with Crippen molar-refractivity contribution >= 4 is 5.91 Å². The van der Waals surface area contributed by atoms with E-state index in [0.29, 0.717) is 25.3 Å². The van der Waals surface area contributed by atoms with E-state index in [0.717, 1.165) is 55.2 Å². The lowest BCUT2D eigenvalue weighted by atomic mass is 10.0. The van der Waals surface area contributed by atoms with Crippen molar-refractivity contribution in [3.05, 3.63) is 63.7 Å². The van der Waals surface area contributed by atoms with E-state index in [1.807, 2.05) is 35.9 Å². The topological polar surface area (TPSA) is 90.1 Å². The molecule has 0 saturated carbocycles. The maximum absolute atomic E-state index is 12.5. The highest BCUT2D eigenvalue weighted by atomic mass is 16.5. The van der Waals surface area contributed by atoms with Crippen LogP contribution in [0.1, 0.15) is 57.6 Å². The number of likely N-dealkylation sites (tertiary alicyclic amines) is 1. The normalized spacial score (nSPS) is 20.1. The van der Waals surface area contributed by atoms with Crippen molar-refractivity contribution in [1.29, 1.82) is 0 Å². The summed E-state index contributed by atoms with van der Waals surface area (Å²) in [4.78, 5) is 15.0. The fraction of sp³-hybridized carbons (Fsp3) is 0.520. The van der Waals surface area contributed by atoms with Crippen molar-refractivity contribution in [2.75, 3.05) is 13.1 Å². The lowest BCUT2D eigenvalue weighted by molar-refractivity contribution is -0.0845. The minimum Gasteiger partial charge on any atom is -0.365 e. The van der Waals surface area contributed by atoms with Crippen molar-refractivity contribution in [3.8, 4) is 0 Å². The molecule has 5 rings (SSSR count). The minimum atomic E-state index is -0.245. The smallest absolute Gasteiger partial charge is 0.251 e. The number of benzene rings is 1. The van der Waals surface area contributed by atoms with Crippen LogP contribution in [0.2, 0.25) is 0 Å². The van der Waals surface area contributed by atoms with Crippen molar-refractivity contribution in [3.63, 3.8) is 0 Å². The Morgan fingerprint density at radius 1 is 1.24 bits per heavy atom. The molecular formula is C25H33N7O2. The number of aryl methyl sites for hydroxylation is 3. The average Bonchev–Trinajstić information content (AvgIpc) is 3.49. The summed E-state index contributed by atoms with van der Waals surface area (Å²) in [7, 11) is 0. The van der Waals surface area contributed by atoms with Crippen LogP contribution in [0.15, 0.2) is 24.3 Å². The lowest BCUT2D eigenvalue weighted by Crippen LogP contribution is -2.44. The average molecular weight is 464 g/mol. The molecule has 0 radical (unpaired) electrons.